The quantitative estimate of drug-likeness (QED) is 0.429. The van der Waals surface area contributed by atoms with Gasteiger partial charge in [-0.05, 0) is 43.0 Å². The summed E-state index contributed by atoms with van der Waals surface area (Å²) < 4.78 is 5.75. The molecule has 2 aromatic rings. The minimum absolute atomic E-state index is 0.0970. The summed E-state index contributed by atoms with van der Waals surface area (Å²) in [5.74, 6) is -0.766. The van der Waals surface area contributed by atoms with Gasteiger partial charge in [0.1, 0.15) is 5.75 Å². The molecule has 1 aliphatic heterocycles. The standard InChI is InChI=1S/C21H22N2O4/c1-15-9-10-16(2)18(13-15)27-12-6-11-22-19(24)20(25)23(21(22)26)14-17-7-4-3-5-8-17/h3-5,7-10,13H,6,11-12,14H2,1-2H3. The van der Waals surface area contributed by atoms with Crippen molar-refractivity contribution in [2.75, 3.05) is 13.2 Å². The first-order chi connectivity index (χ1) is 13.0. The van der Waals surface area contributed by atoms with E-state index in [-0.39, 0.29) is 13.1 Å². The van der Waals surface area contributed by atoms with Crippen molar-refractivity contribution in [2.24, 2.45) is 0 Å². The van der Waals surface area contributed by atoms with Crippen LogP contribution in [0.5, 0.6) is 5.75 Å². The van der Waals surface area contributed by atoms with Crippen LogP contribution in [0.1, 0.15) is 23.1 Å². The van der Waals surface area contributed by atoms with E-state index >= 15 is 0 Å². The topological polar surface area (TPSA) is 66.9 Å². The van der Waals surface area contributed by atoms with Crippen LogP contribution >= 0.6 is 0 Å². The average Bonchev–Trinajstić information content (AvgIpc) is 2.86. The van der Waals surface area contributed by atoms with Crippen molar-refractivity contribution in [3.05, 3.63) is 65.2 Å². The number of aryl methyl sites for hydroxylation is 2. The van der Waals surface area contributed by atoms with Crippen molar-refractivity contribution in [3.63, 3.8) is 0 Å². The summed E-state index contributed by atoms with van der Waals surface area (Å²) in [7, 11) is 0. The molecule has 0 aliphatic carbocycles. The number of benzene rings is 2. The summed E-state index contributed by atoms with van der Waals surface area (Å²) in [6.45, 7) is 4.55. The van der Waals surface area contributed by atoms with Gasteiger partial charge in [-0.15, -0.1) is 0 Å². The van der Waals surface area contributed by atoms with E-state index in [1.165, 1.54) is 0 Å². The highest BCUT2D eigenvalue weighted by atomic mass is 16.5. The largest absolute Gasteiger partial charge is 0.493 e. The third kappa shape index (κ3) is 4.16. The number of urea groups is 1. The van der Waals surface area contributed by atoms with Crippen LogP contribution in [-0.4, -0.2) is 40.8 Å². The van der Waals surface area contributed by atoms with Crippen LogP contribution in [0, 0.1) is 13.8 Å². The van der Waals surface area contributed by atoms with Crippen LogP contribution in [0.2, 0.25) is 0 Å². The Morgan fingerprint density at radius 2 is 1.59 bits per heavy atom. The van der Waals surface area contributed by atoms with E-state index in [0.29, 0.717) is 13.0 Å². The fraction of sp³-hybridized carbons (Fsp3) is 0.286. The Hall–Kier alpha value is -3.15. The number of nitrogens with zero attached hydrogens (tertiary/aromatic N) is 2. The van der Waals surface area contributed by atoms with Crippen molar-refractivity contribution in [1.29, 1.82) is 0 Å². The SMILES string of the molecule is Cc1ccc(C)c(OCCCN2C(=O)C(=O)N(Cc3ccccc3)C2=O)c1. The van der Waals surface area contributed by atoms with Gasteiger partial charge in [-0.2, -0.15) is 0 Å². The number of imide groups is 2. The average molecular weight is 366 g/mol. The predicted octanol–water partition coefficient (Wildman–Crippen LogP) is 3.06. The molecule has 27 heavy (non-hydrogen) atoms. The van der Waals surface area contributed by atoms with E-state index < -0.39 is 17.8 Å². The van der Waals surface area contributed by atoms with E-state index in [2.05, 4.69) is 0 Å². The highest BCUT2D eigenvalue weighted by Crippen LogP contribution is 2.20. The highest BCUT2D eigenvalue weighted by molar-refractivity contribution is 6.44. The van der Waals surface area contributed by atoms with Gasteiger partial charge in [0.2, 0.25) is 0 Å². The summed E-state index contributed by atoms with van der Waals surface area (Å²) in [4.78, 5) is 38.8. The molecule has 4 amide bonds. The molecule has 0 aromatic heterocycles. The number of rotatable bonds is 7. The Balaban J connectivity index is 1.55. The van der Waals surface area contributed by atoms with Crippen LogP contribution in [0.3, 0.4) is 0 Å². The summed E-state index contributed by atoms with van der Waals surface area (Å²) >= 11 is 0. The molecule has 1 fully saturated rings. The molecular weight excluding hydrogens is 344 g/mol. The van der Waals surface area contributed by atoms with Gasteiger partial charge in [0, 0.05) is 6.54 Å². The molecule has 0 N–H and O–H groups in total. The van der Waals surface area contributed by atoms with Gasteiger partial charge >= 0.3 is 17.8 Å². The van der Waals surface area contributed by atoms with Gasteiger partial charge in [-0.3, -0.25) is 19.4 Å². The fourth-order valence-electron chi connectivity index (χ4n) is 2.92. The summed E-state index contributed by atoms with van der Waals surface area (Å²) in [5.41, 5.74) is 2.92. The lowest BCUT2D eigenvalue weighted by Gasteiger charge is -2.16. The molecule has 1 heterocycles. The molecule has 0 atom stereocenters. The van der Waals surface area contributed by atoms with Gasteiger partial charge < -0.3 is 4.74 Å². The zero-order valence-corrected chi connectivity index (χ0v) is 15.5. The summed E-state index contributed by atoms with van der Waals surface area (Å²) in [5, 5.41) is 0. The molecule has 1 saturated heterocycles. The smallest absolute Gasteiger partial charge is 0.334 e. The molecule has 6 heteroatoms. The number of hydrogen-bond acceptors (Lipinski definition) is 4. The highest BCUT2D eigenvalue weighted by Gasteiger charge is 2.43. The van der Waals surface area contributed by atoms with Gasteiger partial charge in [0.15, 0.2) is 0 Å². The van der Waals surface area contributed by atoms with Gasteiger partial charge in [-0.1, -0.05) is 42.5 Å². The number of amides is 4. The third-order valence-electron chi connectivity index (χ3n) is 4.45. The number of carbonyl (C=O) groups excluding carboxylic acids is 3. The molecule has 0 unspecified atom stereocenters. The maximum absolute atomic E-state index is 12.5. The number of hydrogen-bond donors (Lipinski definition) is 0. The Labute approximate surface area is 158 Å². The van der Waals surface area contributed by atoms with E-state index in [9.17, 15) is 14.4 Å². The third-order valence-corrected chi connectivity index (χ3v) is 4.45. The Morgan fingerprint density at radius 3 is 2.33 bits per heavy atom. The summed E-state index contributed by atoms with van der Waals surface area (Å²) in [6, 6.07) is 14.5. The van der Waals surface area contributed by atoms with E-state index in [1.54, 1.807) is 0 Å². The van der Waals surface area contributed by atoms with Crippen LogP contribution in [0.25, 0.3) is 0 Å². The monoisotopic (exact) mass is 366 g/mol. The zero-order valence-electron chi connectivity index (χ0n) is 15.5. The number of ether oxygens (including phenoxy) is 1. The molecule has 0 radical (unpaired) electrons. The first kappa shape index (κ1) is 18.6. The molecule has 1 aliphatic rings. The minimum atomic E-state index is -0.778. The lowest BCUT2D eigenvalue weighted by atomic mass is 10.1. The van der Waals surface area contributed by atoms with Crippen molar-refractivity contribution in [3.8, 4) is 5.75 Å². The number of carbonyl (C=O) groups is 3. The van der Waals surface area contributed by atoms with E-state index in [4.69, 9.17) is 4.74 Å². The van der Waals surface area contributed by atoms with Crippen molar-refractivity contribution >= 4 is 17.8 Å². The zero-order chi connectivity index (χ0) is 19.4. The van der Waals surface area contributed by atoms with Gasteiger partial charge in [0.05, 0.1) is 13.2 Å². The van der Waals surface area contributed by atoms with Crippen LogP contribution in [0.15, 0.2) is 48.5 Å². The van der Waals surface area contributed by atoms with E-state index in [1.807, 2.05) is 62.4 Å². The Kier molecular flexibility index (Phi) is 5.54. The molecule has 3 rings (SSSR count). The minimum Gasteiger partial charge on any atom is -0.493 e. The Bertz CT molecular complexity index is 864. The second-order valence-electron chi connectivity index (χ2n) is 6.59. The van der Waals surface area contributed by atoms with Gasteiger partial charge in [-0.25, -0.2) is 4.79 Å². The lowest BCUT2D eigenvalue weighted by Crippen LogP contribution is -2.34. The lowest BCUT2D eigenvalue weighted by molar-refractivity contribution is -0.143. The summed E-state index contributed by atoms with van der Waals surface area (Å²) in [6.07, 6.45) is 0.456. The predicted molar refractivity (Wildman–Crippen MR) is 100 cm³/mol. The van der Waals surface area contributed by atoms with Crippen molar-refractivity contribution in [1.82, 2.24) is 9.80 Å². The molecule has 0 spiro atoms. The van der Waals surface area contributed by atoms with Crippen LogP contribution in [0.4, 0.5) is 4.79 Å². The first-order valence-electron chi connectivity index (χ1n) is 8.88. The molecule has 0 saturated carbocycles. The first-order valence-corrected chi connectivity index (χ1v) is 8.88. The molecule has 2 aromatic carbocycles. The molecule has 0 bridgehead atoms. The van der Waals surface area contributed by atoms with Gasteiger partial charge in [0.25, 0.3) is 0 Å². The van der Waals surface area contributed by atoms with E-state index in [0.717, 1.165) is 32.2 Å². The maximum Gasteiger partial charge on any atom is 0.334 e. The van der Waals surface area contributed by atoms with Crippen LogP contribution < -0.4 is 4.74 Å². The maximum atomic E-state index is 12.5. The normalized spacial score (nSPS) is 14.2. The fourth-order valence-corrected chi connectivity index (χ4v) is 2.92. The molecule has 6 nitrogen and oxygen atoms in total. The van der Waals surface area contributed by atoms with Crippen LogP contribution in [-0.2, 0) is 16.1 Å². The second kappa shape index (κ2) is 8.03. The van der Waals surface area contributed by atoms with Crippen molar-refractivity contribution in [2.45, 2.75) is 26.8 Å². The molecular formula is C21H22N2O4. The second-order valence-corrected chi connectivity index (χ2v) is 6.59. The van der Waals surface area contributed by atoms with Crippen molar-refractivity contribution < 1.29 is 19.1 Å². The Morgan fingerprint density at radius 1 is 0.889 bits per heavy atom. The molecule has 140 valence electrons.